The van der Waals surface area contributed by atoms with Crippen molar-refractivity contribution in [3.63, 3.8) is 0 Å². The molecule has 1 aromatic heterocycles. The van der Waals surface area contributed by atoms with Gasteiger partial charge in [-0.25, -0.2) is 0 Å². The van der Waals surface area contributed by atoms with Crippen molar-refractivity contribution in [2.75, 3.05) is 13.1 Å². The summed E-state index contributed by atoms with van der Waals surface area (Å²) in [5.41, 5.74) is 0.269. The molecule has 0 unspecified atom stereocenters. The van der Waals surface area contributed by atoms with Crippen LogP contribution in [0.1, 0.15) is 39.0 Å². The van der Waals surface area contributed by atoms with Gasteiger partial charge in [0.25, 0.3) is 0 Å². The molecule has 0 aliphatic heterocycles. The third kappa shape index (κ3) is 4.35. The molecular formula is C13H23NS. The maximum absolute atomic E-state index is 3.55. The molecule has 1 heterocycles. The van der Waals surface area contributed by atoms with Crippen molar-refractivity contribution in [3.05, 3.63) is 22.4 Å². The highest BCUT2D eigenvalue weighted by atomic mass is 32.1. The van der Waals surface area contributed by atoms with E-state index in [1.165, 1.54) is 11.3 Å². The minimum atomic E-state index is 0.269. The second-order valence-electron chi connectivity index (χ2n) is 5.22. The summed E-state index contributed by atoms with van der Waals surface area (Å²) in [6.45, 7) is 11.4. The lowest BCUT2D eigenvalue weighted by Gasteiger charge is -2.24. The van der Waals surface area contributed by atoms with Crippen LogP contribution < -0.4 is 5.32 Å². The molecule has 0 aliphatic rings. The maximum Gasteiger partial charge on any atom is 0.0115 e. The molecule has 1 rings (SSSR count). The van der Waals surface area contributed by atoms with Crippen LogP contribution in [0.25, 0.3) is 0 Å². The quantitative estimate of drug-likeness (QED) is 0.729. The molecule has 0 fully saturated rings. The van der Waals surface area contributed by atoms with E-state index < -0.39 is 0 Å². The largest absolute Gasteiger partial charge is 0.316 e. The Hall–Kier alpha value is -0.340. The van der Waals surface area contributed by atoms with Crippen LogP contribution in [0.3, 0.4) is 0 Å². The lowest BCUT2D eigenvalue weighted by molar-refractivity contribution is 0.453. The van der Waals surface area contributed by atoms with Crippen molar-refractivity contribution in [1.82, 2.24) is 5.32 Å². The van der Waals surface area contributed by atoms with Crippen LogP contribution in [0.5, 0.6) is 0 Å². The predicted molar refractivity (Wildman–Crippen MR) is 69.7 cm³/mol. The zero-order valence-electron chi connectivity index (χ0n) is 10.3. The van der Waals surface area contributed by atoms with E-state index in [2.05, 4.69) is 50.5 Å². The first-order valence-corrected chi connectivity index (χ1v) is 6.65. The highest BCUT2D eigenvalue weighted by molar-refractivity contribution is 7.10. The molecule has 0 atom stereocenters. The van der Waals surface area contributed by atoms with E-state index in [1.807, 2.05) is 11.3 Å². The topological polar surface area (TPSA) is 12.0 Å². The van der Waals surface area contributed by atoms with E-state index in [0.29, 0.717) is 0 Å². The van der Waals surface area contributed by atoms with Gasteiger partial charge in [-0.2, -0.15) is 0 Å². The van der Waals surface area contributed by atoms with Crippen molar-refractivity contribution in [1.29, 1.82) is 0 Å². The fourth-order valence-electron chi connectivity index (χ4n) is 1.54. The number of hydrogen-bond donors (Lipinski definition) is 1. The van der Waals surface area contributed by atoms with Crippen molar-refractivity contribution in [2.24, 2.45) is 5.92 Å². The van der Waals surface area contributed by atoms with Gasteiger partial charge in [0.1, 0.15) is 0 Å². The summed E-state index contributed by atoms with van der Waals surface area (Å²) >= 11 is 1.85. The third-order valence-electron chi connectivity index (χ3n) is 2.65. The molecule has 0 radical (unpaired) electrons. The molecule has 0 spiro atoms. The van der Waals surface area contributed by atoms with Gasteiger partial charge >= 0.3 is 0 Å². The van der Waals surface area contributed by atoms with Gasteiger partial charge in [0.2, 0.25) is 0 Å². The molecular weight excluding hydrogens is 202 g/mol. The summed E-state index contributed by atoms with van der Waals surface area (Å²) in [4.78, 5) is 1.47. The zero-order valence-corrected chi connectivity index (χ0v) is 11.2. The Bertz CT molecular complexity index is 262. The highest BCUT2D eigenvalue weighted by Gasteiger charge is 2.20. The average molecular weight is 225 g/mol. The van der Waals surface area contributed by atoms with Gasteiger partial charge in [-0.15, -0.1) is 11.3 Å². The lowest BCUT2D eigenvalue weighted by atomic mass is 9.91. The monoisotopic (exact) mass is 225 g/mol. The summed E-state index contributed by atoms with van der Waals surface area (Å²) in [6.07, 6.45) is 1.26. The van der Waals surface area contributed by atoms with Crippen molar-refractivity contribution in [3.8, 4) is 0 Å². The van der Waals surface area contributed by atoms with Crippen molar-refractivity contribution < 1.29 is 0 Å². The van der Waals surface area contributed by atoms with Crippen LogP contribution in [0.15, 0.2) is 17.5 Å². The molecule has 86 valence electrons. The fourth-order valence-corrected chi connectivity index (χ4v) is 2.39. The SMILES string of the molecule is CC(C)CCNCC(C)(C)c1cccs1. The molecule has 1 aromatic rings. The zero-order chi connectivity index (χ0) is 11.3. The van der Waals surface area contributed by atoms with Crippen LogP contribution in [0.2, 0.25) is 0 Å². The van der Waals surface area contributed by atoms with E-state index in [0.717, 1.165) is 19.0 Å². The van der Waals surface area contributed by atoms with Crippen molar-refractivity contribution >= 4 is 11.3 Å². The fraction of sp³-hybridized carbons (Fsp3) is 0.692. The molecule has 15 heavy (non-hydrogen) atoms. The lowest BCUT2D eigenvalue weighted by Crippen LogP contribution is -2.33. The first kappa shape index (κ1) is 12.7. The minimum absolute atomic E-state index is 0.269. The van der Waals surface area contributed by atoms with Crippen LogP contribution >= 0.6 is 11.3 Å². The Balaban J connectivity index is 2.31. The van der Waals surface area contributed by atoms with Crippen LogP contribution in [0, 0.1) is 5.92 Å². The summed E-state index contributed by atoms with van der Waals surface area (Å²) in [5.74, 6) is 0.794. The molecule has 1 N–H and O–H groups in total. The molecule has 0 aromatic carbocycles. The number of rotatable bonds is 6. The summed E-state index contributed by atoms with van der Waals surface area (Å²) < 4.78 is 0. The van der Waals surface area contributed by atoms with Crippen LogP contribution in [-0.2, 0) is 5.41 Å². The van der Waals surface area contributed by atoms with Crippen molar-refractivity contribution in [2.45, 2.75) is 39.5 Å². The highest BCUT2D eigenvalue weighted by Crippen LogP contribution is 2.26. The van der Waals surface area contributed by atoms with Gasteiger partial charge in [-0.3, -0.25) is 0 Å². The van der Waals surface area contributed by atoms with Gasteiger partial charge in [0.15, 0.2) is 0 Å². The van der Waals surface area contributed by atoms with Gasteiger partial charge in [0, 0.05) is 16.8 Å². The molecule has 0 bridgehead atoms. The van der Waals surface area contributed by atoms with E-state index in [4.69, 9.17) is 0 Å². The predicted octanol–water partition coefficient (Wildman–Crippen LogP) is 3.66. The first-order chi connectivity index (χ1) is 7.02. The molecule has 0 saturated heterocycles. The number of hydrogen-bond acceptors (Lipinski definition) is 2. The van der Waals surface area contributed by atoms with Gasteiger partial charge in [-0.05, 0) is 30.3 Å². The second kappa shape index (κ2) is 5.66. The second-order valence-corrected chi connectivity index (χ2v) is 6.17. The van der Waals surface area contributed by atoms with E-state index in [1.54, 1.807) is 0 Å². The maximum atomic E-state index is 3.55. The minimum Gasteiger partial charge on any atom is -0.316 e. The Labute approximate surface area is 97.9 Å². The van der Waals surface area contributed by atoms with Crippen LogP contribution in [-0.4, -0.2) is 13.1 Å². The number of nitrogens with one attached hydrogen (secondary N) is 1. The number of thiophene rings is 1. The average Bonchev–Trinajstić information content (AvgIpc) is 2.65. The van der Waals surface area contributed by atoms with E-state index in [-0.39, 0.29) is 5.41 Å². The normalized spacial score (nSPS) is 12.3. The Morgan fingerprint density at radius 1 is 1.40 bits per heavy atom. The summed E-state index contributed by atoms with van der Waals surface area (Å²) in [5, 5.41) is 5.71. The van der Waals surface area contributed by atoms with Gasteiger partial charge in [-0.1, -0.05) is 33.8 Å². The van der Waals surface area contributed by atoms with E-state index >= 15 is 0 Å². The summed E-state index contributed by atoms with van der Waals surface area (Å²) in [6, 6.07) is 4.37. The smallest absolute Gasteiger partial charge is 0.0115 e. The Morgan fingerprint density at radius 3 is 2.67 bits per heavy atom. The Morgan fingerprint density at radius 2 is 2.13 bits per heavy atom. The van der Waals surface area contributed by atoms with Gasteiger partial charge in [0.05, 0.1) is 0 Å². The molecule has 0 aliphatic carbocycles. The van der Waals surface area contributed by atoms with E-state index in [9.17, 15) is 0 Å². The summed E-state index contributed by atoms with van der Waals surface area (Å²) in [7, 11) is 0. The van der Waals surface area contributed by atoms with Gasteiger partial charge < -0.3 is 5.32 Å². The molecule has 1 nitrogen and oxygen atoms in total. The molecule has 0 amide bonds. The third-order valence-corrected chi connectivity index (χ3v) is 3.89. The standard InChI is InChI=1S/C13H23NS/c1-11(2)7-8-14-10-13(3,4)12-6-5-9-15-12/h5-6,9,11,14H,7-8,10H2,1-4H3. The van der Waals surface area contributed by atoms with Crippen LogP contribution in [0.4, 0.5) is 0 Å². The molecule has 0 saturated carbocycles. The first-order valence-electron chi connectivity index (χ1n) is 5.77. The Kier molecular flexibility index (Phi) is 4.81. The molecule has 2 heteroatoms.